The molecule has 0 aliphatic rings. The first-order chi connectivity index (χ1) is 11.2. The number of nitrogens with one attached hydrogen (secondary N) is 1. The topological polar surface area (TPSA) is 78.9 Å². The van der Waals surface area contributed by atoms with Crippen LogP contribution >= 0.6 is 0 Å². The van der Waals surface area contributed by atoms with Crippen LogP contribution in [0, 0.1) is 0 Å². The van der Waals surface area contributed by atoms with E-state index in [1.807, 2.05) is 33.8 Å². The Hall–Kier alpha value is -2.24. The third-order valence-electron chi connectivity index (χ3n) is 3.35. The molecule has 1 aromatic carbocycles. The second-order valence-electron chi connectivity index (χ2n) is 6.54. The molecule has 0 aromatic heterocycles. The molecule has 0 aliphatic heterocycles. The van der Waals surface area contributed by atoms with Gasteiger partial charge in [0.15, 0.2) is 0 Å². The molecule has 0 fully saturated rings. The van der Waals surface area contributed by atoms with E-state index in [4.69, 9.17) is 4.74 Å². The smallest absolute Gasteiger partial charge is 0.410 e. The van der Waals surface area contributed by atoms with Crippen molar-refractivity contribution in [2.24, 2.45) is 0 Å². The van der Waals surface area contributed by atoms with Crippen LogP contribution in [0.5, 0.6) is 5.75 Å². The zero-order valence-electron chi connectivity index (χ0n) is 15.0. The van der Waals surface area contributed by atoms with Crippen LogP contribution in [0.3, 0.4) is 0 Å². The Morgan fingerprint density at radius 3 is 2.50 bits per heavy atom. The standard InChI is InChI=1S/C18H28N2O4/c1-5-20(17(23)24-18(2,3)4)13-12-19-16(22)11-10-14-8-6-7-9-15(14)21/h6-9,21H,5,10-13H2,1-4H3,(H,19,22). The molecule has 0 heterocycles. The summed E-state index contributed by atoms with van der Waals surface area (Å²) >= 11 is 0. The lowest BCUT2D eigenvalue weighted by atomic mass is 10.1. The lowest BCUT2D eigenvalue weighted by Gasteiger charge is -2.26. The van der Waals surface area contributed by atoms with Crippen molar-refractivity contribution in [3.63, 3.8) is 0 Å². The number of carbonyl (C=O) groups is 2. The zero-order valence-corrected chi connectivity index (χ0v) is 15.0. The summed E-state index contributed by atoms with van der Waals surface area (Å²) in [6, 6.07) is 6.97. The minimum atomic E-state index is -0.536. The van der Waals surface area contributed by atoms with Gasteiger partial charge in [-0.1, -0.05) is 18.2 Å². The molecule has 6 heteroatoms. The molecule has 0 spiro atoms. The van der Waals surface area contributed by atoms with Crippen LogP contribution in [0.4, 0.5) is 4.79 Å². The molecule has 0 unspecified atom stereocenters. The van der Waals surface area contributed by atoms with E-state index in [0.717, 1.165) is 5.56 Å². The number of ether oxygens (including phenoxy) is 1. The number of amides is 2. The van der Waals surface area contributed by atoms with E-state index >= 15 is 0 Å². The minimum absolute atomic E-state index is 0.113. The fourth-order valence-corrected chi connectivity index (χ4v) is 2.09. The average Bonchev–Trinajstić information content (AvgIpc) is 2.49. The molecule has 1 aromatic rings. The highest BCUT2D eigenvalue weighted by Gasteiger charge is 2.20. The number of aryl methyl sites for hydroxylation is 1. The summed E-state index contributed by atoms with van der Waals surface area (Å²) in [6.07, 6.45) is 0.381. The molecule has 0 saturated heterocycles. The molecule has 2 amide bonds. The number of carbonyl (C=O) groups excluding carboxylic acids is 2. The number of benzene rings is 1. The van der Waals surface area contributed by atoms with Gasteiger partial charge in [0.2, 0.25) is 5.91 Å². The van der Waals surface area contributed by atoms with Gasteiger partial charge in [0.05, 0.1) is 0 Å². The normalized spacial score (nSPS) is 11.0. The zero-order chi connectivity index (χ0) is 18.2. The summed E-state index contributed by atoms with van der Waals surface area (Å²) in [7, 11) is 0. The average molecular weight is 336 g/mol. The van der Waals surface area contributed by atoms with Crippen molar-refractivity contribution < 1.29 is 19.4 Å². The molecule has 0 saturated carbocycles. The van der Waals surface area contributed by atoms with E-state index in [0.29, 0.717) is 26.1 Å². The SMILES string of the molecule is CCN(CCNC(=O)CCc1ccccc1O)C(=O)OC(C)(C)C. The second kappa shape index (κ2) is 9.15. The number of phenolic OH excluding ortho intramolecular Hbond substituents is 1. The number of phenols is 1. The number of hydrogen-bond donors (Lipinski definition) is 2. The first-order valence-corrected chi connectivity index (χ1v) is 8.24. The maximum absolute atomic E-state index is 12.0. The predicted octanol–water partition coefficient (Wildman–Crippen LogP) is 2.70. The quantitative estimate of drug-likeness (QED) is 0.802. The van der Waals surface area contributed by atoms with Gasteiger partial charge in [0, 0.05) is 26.1 Å². The van der Waals surface area contributed by atoms with Crippen LogP contribution in [0.25, 0.3) is 0 Å². The Balaban J connectivity index is 2.33. The van der Waals surface area contributed by atoms with Crippen molar-refractivity contribution in [3.05, 3.63) is 29.8 Å². The number of nitrogens with zero attached hydrogens (tertiary/aromatic N) is 1. The summed E-state index contributed by atoms with van der Waals surface area (Å²) in [4.78, 5) is 25.4. The van der Waals surface area contributed by atoms with Gasteiger partial charge < -0.3 is 20.1 Å². The summed E-state index contributed by atoms with van der Waals surface area (Å²) in [5, 5.41) is 12.5. The molecule has 0 radical (unpaired) electrons. The lowest BCUT2D eigenvalue weighted by Crippen LogP contribution is -2.41. The molecule has 134 valence electrons. The highest BCUT2D eigenvalue weighted by molar-refractivity contribution is 5.76. The third kappa shape index (κ3) is 7.35. The van der Waals surface area contributed by atoms with Crippen LogP contribution in [0.15, 0.2) is 24.3 Å². The summed E-state index contributed by atoms with van der Waals surface area (Å²) in [5.41, 5.74) is 0.211. The lowest BCUT2D eigenvalue weighted by molar-refractivity contribution is -0.121. The van der Waals surface area contributed by atoms with Gasteiger partial charge in [-0.05, 0) is 45.7 Å². The first-order valence-electron chi connectivity index (χ1n) is 8.24. The number of likely N-dealkylation sites (N-methyl/N-ethyl adjacent to an activating group) is 1. The highest BCUT2D eigenvalue weighted by atomic mass is 16.6. The fourth-order valence-electron chi connectivity index (χ4n) is 2.09. The van der Waals surface area contributed by atoms with Crippen molar-refractivity contribution in [1.29, 1.82) is 0 Å². The monoisotopic (exact) mass is 336 g/mol. The van der Waals surface area contributed by atoms with Gasteiger partial charge in [-0.25, -0.2) is 4.79 Å². The number of rotatable bonds is 7. The van der Waals surface area contributed by atoms with Gasteiger partial charge in [0.25, 0.3) is 0 Å². The van der Waals surface area contributed by atoms with Gasteiger partial charge in [-0.2, -0.15) is 0 Å². The molecule has 1 rings (SSSR count). The van der Waals surface area contributed by atoms with Gasteiger partial charge in [0.1, 0.15) is 11.4 Å². The van der Waals surface area contributed by atoms with E-state index in [-0.39, 0.29) is 24.2 Å². The van der Waals surface area contributed by atoms with Crippen LogP contribution in [0.1, 0.15) is 39.7 Å². The Kier molecular flexibility index (Phi) is 7.55. The van der Waals surface area contributed by atoms with Gasteiger partial charge >= 0.3 is 6.09 Å². The summed E-state index contributed by atoms with van der Waals surface area (Å²) in [6.45, 7) is 8.60. The van der Waals surface area contributed by atoms with Crippen molar-refractivity contribution in [2.75, 3.05) is 19.6 Å². The van der Waals surface area contributed by atoms with Gasteiger partial charge in [-0.15, -0.1) is 0 Å². The van der Waals surface area contributed by atoms with E-state index in [1.165, 1.54) is 0 Å². The van der Waals surface area contributed by atoms with E-state index in [2.05, 4.69) is 5.32 Å². The molecule has 0 bridgehead atoms. The Labute approximate surface area is 143 Å². The summed E-state index contributed by atoms with van der Waals surface area (Å²) in [5.74, 6) is 0.0888. The summed E-state index contributed by atoms with van der Waals surface area (Å²) < 4.78 is 5.31. The molecular weight excluding hydrogens is 308 g/mol. The fraction of sp³-hybridized carbons (Fsp3) is 0.556. The molecule has 2 N–H and O–H groups in total. The highest BCUT2D eigenvalue weighted by Crippen LogP contribution is 2.17. The second-order valence-corrected chi connectivity index (χ2v) is 6.54. The van der Waals surface area contributed by atoms with E-state index in [1.54, 1.807) is 23.1 Å². The van der Waals surface area contributed by atoms with Crippen molar-refractivity contribution >= 4 is 12.0 Å². The maximum atomic E-state index is 12.0. The molecule has 0 aliphatic carbocycles. The Morgan fingerprint density at radius 2 is 1.92 bits per heavy atom. The van der Waals surface area contributed by atoms with Crippen LogP contribution in [-0.4, -0.2) is 47.2 Å². The molecular formula is C18H28N2O4. The number of para-hydroxylation sites is 1. The first kappa shape index (κ1) is 19.8. The van der Waals surface area contributed by atoms with Crippen LogP contribution in [-0.2, 0) is 16.0 Å². The number of aromatic hydroxyl groups is 1. The predicted molar refractivity (Wildman–Crippen MR) is 92.9 cm³/mol. The van der Waals surface area contributed by atoms with Gasteiger partial charge in [-0.3, -0.25) is 4.79 Å². The molecule has 24 heavy (non-hydrogen) atoms. The third-order valence-corrected chi connectivity index (χ3v) is 3.35. The number of hydrogen-bond acceptors (Lipinski definition) is 4. The van der Waals surface area contributed by atoms with Crippen LogP contribution in [0.2, 0.25) is 0 Å². The van der Waals surface area contributed by atoms with Crippen molar-refractivity contribution in [1.82, 2.24) is 10.2 Å². The van der Waals surface area contributed by atoms with Crippen molar-refractivity contribution in [3.8, 4) is 5.75 Å². The Morgan fingerprint density at radius 1 is 1.25 bits per heavy atom. The van der Waals surface area contributed by atoms with E-state index in [9.17, 15) is 14.7 Å². The maximum Gasteiger partial charge on any atom is 0.410 e. The Bertz CT molecular complexity index is 552. The molecule has 6 nitrogen and oxygen atoms in total. The molecule has 0 atom stereocenters. The largest absolute Gasteiger partial charge is 0.508 e. The van der Waals surface area contributed by atoms with Crippen LogP contribution < -0.4 is 5.32 Å². The van der Waals surface area contributed by atoms with E-state index < -0.39 is 5.60 Å². The minimum Gasteiger partial charge on any atom is -0.508 e. The van der Waals surface area contributed by atoms with Crippen molar-refractivity contribution in [2.45, 2.75) is 46.1 Å².